The molecule has 0 bridgehead atoms. The summed E-state index contributed by atoms with van der Waals surface area (Å²) in [6.45, 7) is 1.36. The average molecular weight is 370 g/mol. The van der Waals surface area contributed by atoms with Gasteiger partial charge in [-0.1, -0.05) is 18.2 Å². The number of fused-ring (bicyclic) bond motifs is 1. The van der Waals surface area contributed by atoms with E-state index >= 15 is 0 Å². The van der Waals surface area contributed by atoms with E-state index < -0.39 is 21.0 Å². The van der Waals surface area contributed by atoms with E-state index in [1.165, 1.54) is 6.92 Å². The number of carbonyl (C=O) groups excluding carboxylic acids is 1. The molecule has 1 unspecified atom stereocenters. The van der Waals surface area contributed by atoms with Gasteiger partial charge in [0.1, 0.15) is 16.5 Å². The highest BCUT2D eigenvalue weighted by Gasteiger charge is 2.23. The fraction of sp³-hybridized carbons (Fsp3) is 0.158. The minimum absolute atomic E-state index is 0.494. The first-order chi connectivity index (χ1) is 12.3. The van der Waals surface area contributed by atoms with E-state index in [9.17, 15) is 13.2 Å². The number of para-hydroxylation sites is 1. The minimum atomic E-state index is -3.44. The van der Waals surface area contributed by atoms with E-state index in [1.807, 2.05) is 30.3 Å². The van der Waals surface area contributed by atoms with Crippen LogP contribution in [-0.2, 0) is 14.6 Å². The molecule has 2 aromatic carbocycles. The number of rotatable bonds is 5. The number of amides is 1. The van der Waals surface area contributed by atoms with Crippen LogP contribution in [0.2, 0.25) is 0 Å². The summed E-state index contributed by atoms with van der Waals surface area (Å²) in [5, 5.41) is 2.45. The van der Waals surface area contributed by atoms with Crippen LogP contribution in [0.25, 0.3) is 10.9 Å². The Morgan fingerprint density at radius 2 is 1.77 bits per heavy atom. The van der Waals surface area contributed by atoms with Gasteiger partial charge in [0.05, 0.1) is 0 Å². The predicted molar refractivity (Wildman–Crippen MR) is 101 cm³/mol. The number of nitrogens with one attached hydrogen (secondary N) is 1. The summed E-state index contributed by atoms with van der Waals surface area (Å²) in [6, 6.07) is 16.2. The second-order valence-electron chi connectivity index (χ2n) is 5.92. The number of sulfone groups is 1. The fourth-order valence-electron chi connectivity index (χ4n) is 2.33. The molecule has 0 radical (unpaired) electrons. The van der Waals surface area contributed by atoms with Crippen LogP contribution in [0.1, 0.15) is 6.92 Å². The number of ether oxygens (including phenoxy) is 1. The maximum atomic E-state index is 12.0. The van der Waals surface area contributed by atoms with Crippen molar-refractivity contribution in [2.75, 3.05) is 11.6 Å². The Kier molecular flexibility index (Phi) is 4.90. The van der Waals surface area contributed by atoms with Gasteiger partial charge >= 0.3 is 0 Å². The number of hydrogen-bond donors (Lipinski definition) is 1. The number of nitrogens with zero attached hydrogens (tertiary/aromatic N) is 1. The zero-order chi connectivity index (χ0) is 18.7. The molecule has 0 fully saturated rings. The second kappa shape index (κ2) is 7.13. The first-order valence-electron chi connectivity index (χ1n) is 7.96. The number of hydrogen-bond acceptors (Lipinski definition) is 5. The Balaban J connectivity index is 1.75. The predicted octanol–water partition coefficient (Wildman–Crippen LogP) is 3.40. The molecular formula is C19H18N2O4S. The van der Waals surface area contributed by atoms with Crippen molar-refractivity contribution in [2.24, 2.45) is 0 Å². The molecule has 1 aromatic heterocycles. The SMILES string of the molecule is CC(C(=O)Nc1ccc(Oc2cccc3cccnc23)cc1)S(C)(=O)=O. The number of anilines is 1. The number of benzene rings is 2. The molecule has 0 aliphatic carbocycles. The number of aromatic nitrogens is 1. The summed E-state index contributed by atoms with van der Waals surface area (Å²) in [6.07, 6.45) is 2.74. The Hall–Kier alpha value is -2.93. The third-order valence-electron chi connectivity index (χ3n) is 3.96. The summed E-state index contributed by atoms with van der Waals surface area (Å²) in [5.41, 5.74) is 1.25. The average Bonchev–Trinajstić information content (AvgIpc) is 2.62. The molecule has 0 saturated carbocycles. The van der Waals surface area contributed by atoms with E-state index in [0.29, 0.717) is 17.2 Å². The van der Waals surface area contributed by atoms with Gasteiger partial charge in [0.2, 0.25) is 5.91 Å². The summed E-state index contributed by atoms with van der Waals surface area (Å²) in [7, 11) is -3.44. The summed E-state index contributed by atoms with van der Waals surface area (Å²) >= 11 is 0. The van der Waals surface area contributed by atoms with Crippen LogP contribution in [0.4, 0.5) is 5.69 Å². The molecule has 1 amide bonds. The molecular weight excluding hydrogens is 352 g/mol. The highest BCUT2D eigenvalue weighted by Crippen LogP contribution is 2.28. The van der Waals surface area contributed by atoms with Crippen LogP contribution in [0.5, 0.6) is 11.5 Å². The van der Waals surface area contributed by atoms with Gasteiger partial charge in [-0.3, -0.25) is 9.78 Å². The first-order valence-corrected chi connectivity index (χ1v) is 9.91. The molecule has 1 heterocycles. The van der Waals surface area contributed by atoms with Crippen LogP contribution >= 0.6 is 0 Å². The standard InChI is InChI=1S/C19H18N2O4S/c1-13(26(2,23)24)19(22)21-15-8-10-16(11-9-15)25-17-7-3-5-14-6-4-12-20-18(14)17/h3-13H,1-2H3,(H,21,22). The van der Waals surface area contributed by atoms with Gasteiger partial charge in [-0.25, -0.2) is 8.42 Å². The molecule has 0 aliphatic rings. The Bertz CT molecular complexity index is 1040. The smallest absolute Gasteiger partial charge is 0.242 e. The number of pyridine rings is 1. The normalized spacial score (nSPS) is 12.5. The van der Waals surface area contributed by atoms with Crippen molar-refractivity contribution in [3.05, 3.63) is 60.8 Å². The summed E-state index contributed by atoms with van der Waals surface area (Å²) < 4.78 is 28.8. The molecule has 3 aromatic rings. The lowest BCUT2D eigenvalue weighted by molar-refractivity contribution is -0.115. The van der Waals surface area contributed by atoms with Gasteiger partial charge in [-0.15, -0.1) is 0 Å². The Morgan fingerprint density at radius 3 is 2.46 bits per heavy atom. The molecule has 0 spiro atoms. The molecule has 7 heteroatoms. The van der Waals surface area contributed by atoms with Crippen molar-refractivity contribution in [1.29, 1.82) is 0 Å². The van der Waals surface area contributed by atoms with Gasteiger partial charge < -0.3 is 10.1 Å². The topological polar surface area (TPSA) is 85.4 Å². The minimum Gasteiger partial charge on any atom is -0.455 e. The molecule has 0 saturated heterocycles. The van der Waals surface area contributed by atoms with E-state index in [-0.39, 0.29) is 0 Å². The van der Waals surface area contributed by atoms with Crippen LogP contribution in [0, 0.1) is 0 Å². The highest BCUT2D eigenvalue weighted by atomic mass is 32.2. The van der Waals surface area contributed by atoms with Crippen LogP contribution in [0.15, 0.2) is 60.8 Å². The van der Waals surface area contributed by atoms with E-state index in [2.05, 4.69) is 10.3 Å². The Morgan fingerprint density at radius 1 is 1.08 bits per heavy atom. The van der Waals surface area contributed by atoms with E-state index in [4.69, 9.17) is 4.74 Å². The molecule has 6 nitrogen and oxygen atoms in total. The van der Waals surface area contributed by atoms with E-state index in [0.717, 1.165) is 17.2 Å². The zero-order valence-corrected chi connectivity index (χ0v) is 15.2. The molecule has 26 heavy (non-hydrogen) atoms. The van der Waals surface area contributed by atoms with Crippen molar-refractivity contribution in [1.82, 2.24) is 4.98 Å². The van der Waals surface area contributed by atoms with Crippen LogP contribution < -0.4 is 10.1 Å². The van der Waals surface area contributed by atoms with Gasteiger partial charge in [-0.2, -0.15) is 0 Å². The van der Waals surface area contributed by atoms with Crippen molar-refractivity contribution in [3.63, 3.8) is 0 Å². The van der Waals surface area contributed by atoms with Gasteiger partial charge in [0.25, 0.3) is 0 Å². The first kappa shape index (κ1) is 17.9. The van der Waals surface area contributed by atoms with Crippen molar-refractivity contribution in [2.45, 2.75) is 12.2 Å². The van der Waals surface area contributed by atoms with Gasteiger partial charge in [0, 0.05) is 23.5 Å². The quantitative estimate of drug-likeness (QED) is 0.744. The lowest BCUT2D eigenvalue weighted by atomic mass is 10.2. The molecule has 0 aliphatic heterocycles. The third kappa shape index (κ3) is 4.00. The summed E-state index contributed by atoms with van der Waals surface area (Å²) in [5.74, 6) is 0.641. The molecule has 134 valence electrons. The maximum absolute atomic E-state index is 12.0. The van der Waals surface area contributed by atoms with Gasteiger partial charge in [0.15, 0.2) is 15.6 Å². The summed E-state index contributed by atoms with van der Waals surface area (Å²) in [4.78, 5) is 16.3. The molecule has 3 rings (SSSR count). The largest absolute Gasteiger partial charge is 0.455 e. The number of carbonyl (C=O) groups is 1. The van der Waals surface area contributed by atoms with Crippen molar-refractivity contribution in [3.8, 4) is 11.5 Å². The second-order valence-corrected chi connectivity index (χ2v) is 8.28. The van der Waals surface area contributed by atoms with Crippen molar-refractivity contribution >= 4 is 32.3 Å². The third-order valence-corrected chi connectivity index (χ3v) is 5.46. The lowest BCUT2D eigenvalue weighted by Crippen LogP contribution is -2.31. The van der Waals surface area contributed by atoms with Crippen molar-refractivity contribution < 1.29 is 17.9 Å². The van der Waals surface area contributed by atoms with Gasteiger partial charge in [-0.05, 0) is 43.3 Å². The maximum Gasteiger partial charge on any atom is 0.242 e. The highest BCUT2D eigenvalue weighted by molar-refractivity contribution is 7.92. The van der Waals surface area contributed by atoms with Crippen LogP contribution in [0.3, 0.4) is 0 Å². The van der Waals surface area contributed by atoms with E-state index in [1.54, 1.807) is 30.5 Å². The zero-order valence-electron chi connectivity index (χ0n) is 14.3. The Labute approximate surface area is 151 Å². The van der Waals surface area contributed by atoms with Crippen LogP contribution in [-0.4, -0.2) is 30.8 Å². The molecule has 1 N–H and O–H groups in total. The fourth-order valence-corrected chi connectivity index (χ4v) is 2.78. The lowest BCUT2D eigenvalue weighted by Gasteiger charge is -2.12. The molecule has 1 atom stereocenters. The monoisotopic (exact) mass is 370 g/mol.